The number of carbonyl (C=O) groups is 1. The molecule has 5 nitrogen and oxygen atoms in total. The molecule has 2 aliphatic rings. The molecule has 144 valence electrons. The number of hydrogen-bond donors (Lipinski definition) is 0. The third-order valence-electron chi connectivity index (χ3n) is 4.99. The number of rotatable bonds is 3. The van der Waals surface area contributed by atoms with Crippen molar-refractivity contribution < 1.29 is 22.7 Å². The standard InChI is InChI=1S/C18H24F3N3O2/c1-22-7-9-23(10-8-22)15-3-2-4-16(13-15)24(17(25)18(19,20)21)14-5-11-26-12-6-14/h2-4,13-14H,5-12H2,1H3. The van der Waals surface area contributed by atoms with E-state index >= 15 is 0 Å². The van der Waals surface area contributed by atoms with E-state index in [1.165, 1.54) is 0 Å². The molecule has 0 radical (unpaired) electrons. The minimum atomic E-state index is -4.90. The van der Waals surface area contributed by atoms with E-state index in [-0.39, 0.29) is 0 Å². The molecule has 1 amide bonds. The maximum atomic E-state index is 13.2. The molecule has 0 atom stereocenters. The van der Waals surface area contributed by atoms with Crippen molar-refractivity contribution in [2.24, 2.45) is 0 Å². The van der Waals surface area contributed by atoms with Crippen LogP contribution in [-0.2, 0) is 9.53 Å². The van der Waals surface area contributed by atoms with Gasteiger partial charge in [0.15, 0.2) is 0 Å². The Bertz CT molecular complexity index is 624. The van der Waals surface area contributed by atoms with E-state index in [0.717, 1.165) is 36.8 Å². The molecule has 2 aliphatic heterocycles. The first-order valence-corrected chi connectivity index (χ1v) is 8.88. The van der Waals surface area contributed by atoms with Crippen LogP contribution in [-0.4, -0.2) is 69.5 Å². The van der Waals surface area contributed by atoms with Crippen molar-refractivity contribution in [2.75, 3.05) is 56.2 Å². The number of anilines is 2. The molecule has 0 saturated carbocycles. The van der Waals surface area contributed by atoms with Crippen molar-refractivity contribution >= 4 is 17.3 Å². The maximum absolute atomic E-state index is 13.2. The van der Waals surface area contributed by atoms with Crippen LogP contribution in [0.1, 0.15) is 12.8 Å². The molecule has 1 aromatic carbocycles. The van der Waals surface area contributed by atoms with Crippen LogP contribution in [0.4, 0.5) is 24.5 Å². The first-order valence-electron chi connectivity index (χ1n) is 8.88. The van der Waals surface area contributed by atoms with Crippen LogP contribution in [0.3, 0.4) is 0 Å². The number of benzene rings is 1. The predicted octanol–water partition coefficient (Wildman–Crippen LogP) is 2.51. The Balaban J connectivity index is 1.88. The van der Waals surface area contributed by atoms with Crippen LogP contribution in [0.15, 0.2) is 24.3 Å². The number of nitrogens with zero attached hydrogens (tertiary/aromatic N) is 3. The van der Waals surface area contributed by atoms with Crippen molar-refractivity contribution in [1.29, 1.82) is 0 Å². The molecule has 26 heavy (non-hydrogen) atoms. The highest BCUT2D eigenvalue weighted by molar-refractivity contribution is 5.98. The van der Waals surface area contributed by atoms with Crippen LogP contribution in [0.25, 0.3) is 0 Å². The number of likely N-dealkylation sites (N-methyl/N-ethyl adjacent to an activating group) is 1. The molecule has 0 spiro atoms. The topological polar surface area (TPSA) is 36.0 Å². The van der Waals surface area contributed by atoms with Crippen LogP contribution in [0.5, 0.6) is 0 Å². The fraction of sp³-hybridized carbons (Fsp3) is 0.611. The SMILES string of the molecule is CN1CCN(c2cccc(N(C(=O)C(F)(F)F)C3CCOCC3)c2)CC1. The van der Waals surface area contributed by atoms with Gasteiger partial charge in [0, 0.05) is 56.8 Å². The first-order chi connectivity index (χ1) is 12.4. The van der Waals surface area contributed by atoms with Gasteiger partial charge in [0.25, 0.3) is 0 Å². The van der Waals surface area contributed by atoms with Crippen molar-refractivity contribution in [3.05, 3.63) is 24.3 Å². The fourth-order valence-electron chi connectivity index (χ4n) is 3.48. The molecule has 2 heterocycles. The van der Waals surface area contributed by atoms with Gasteiger partial charge in [-0.2, -0.15) is 13.2 Å². The highest BCUT2D eigenvalue weighted by Gasteiger charge is 2.45. The number of hydrogen-bond acceptors (Lipinski definition) is 4. The molecule has 2 saturated heterocycles. The number of carbonyl (C=O) groups excluding carboxylic acids is 1. The molecule has 0 aromatic heterocycles. The second-order valence-electron chi connectivity index (χ2n) is 6.83. The number of piperazine rings is 1. The van der Waals surface area contributed by atoms with Gasteiger partial charge in [-0.25, -0.2) is 0 Å². The maximum Gasteiger partial charge on any atom is 0.471 e. The van der Waals surface area contributed by atoms with Crippen molar-refractivity contribution in [1.82, 2.24) is 4.90 Å². The zero-order chi connectivity index (χ0) is 18.7. The lowest BCUT2D eigenvalue weighted by Gasteiger charge is -2.37. The molecule has 0 N–H and O–H groups in total. The number of ether oxygens (including phenoxy) is 1. The van der Waals surface area contributed by atoms with Crippen LogP contribution < -0.4 is 9.80 Å². The zero-order valence-electron chi connectivity index (χ0n) is 14.8. The van der Waals surface area contributed by atoms with E-state index in [1.807, 2.05) is 13.1 Å². The highest BCUT2D eigenvalue weighted by Crippen LogP contribution is 2.31. The molecule has 0 aliphatic carbocycles. The minimum Gasteiger partial charge on any atom is -0.381 e. The zero-order valence-corrected chi connectivity index (χ0v) is 14.8. The van der Waals surface area contributed by atoms with Gasteiger partial charge in [-0.15, -0.1) is 0 Å². The number of amides is 1. The average molecular weight is 371 g/mol. The lowest BCUT2D eigenvalue weighted by Crippen LogP contribution is -2.49. The molecule has 0 unspecified atom stereocenters. The van der Waals surface area contributed by atoms with Crippen LogP contribution >= 0.6 is 0 Å². The van der Waals surface area contributed by atoms with E-state index in [9.17, 15) is 18.0 Å². The summed E-state index contributed by atoms with van der Waals surface area (Å²) in [5, 5.41) is 0. The summed E-state index contributed by atoms with van der Waals surface area (Å²) in [6, 6.07) is 6.39. The molecule has 2 fully saturated rings. The van der Waals surface area contributed by atoms with Crippen molar-refractivity contribution in [3.8, 4) is 0 Å². The van der Waals surface area contributed by atoms with Gasteiger partial charge in [-0.3, -0.25) is 4.79 Å². The van der Waals surface area contributed by atoms with E-state index in [1.54, 1.807) is 18.2 Å². The Morgan fingerprint density at radius 1 is 1.15 bits per heavy atom. The van der Waals surface area contributed by atoms with Gasteiger partial charge in [0.05, 0.1) is 0 Å². The summed E-state index contributed by atoms with van der Waals surface area (Å²) >= 11 is 0. The summed E-state index contributed by atoms with van der Waals surface area (Å²) in [4.78, 5) is 17.4. The van der Waals surface area contributed by atoms with Gasteiger partial charge >= 0.3 is 12.1 Å². The largest absolute Gasteiger partial charge is 0.471 e. The molecule has 8 heteroatoms. The van der Waals surface area contributed by atoms with Crippen LogP contribution in [0, 0.1) is 0 Å². The lowest BCUT2D eigenvalue weighted by molar-refractivity contribution is -0.171. The summed E-state index contributed by atoms with van der Waals surface area (Å²) in [5.41, 5.74) is 1.15. The summed E-state index contributed by atoms with van der Waals surface area (Å²) in [5.74, 6) is -1.81. The Kier molecular flexibility index (Phi) is 5.72. The monoisotopic (exact) mass is 371 g/mol. The summed E-state index contributed by atoms with van der Waals surface area (Å²) in [7, 11) is 2.04. The third kappa shape index (κ3) is 4.29. The molecule has 0 bridgehead atoms. The summed E-state index contributed by atoms with van der Waals surface area (Å²) in [6.07, 6.45) is -4.09. The number of alkyl halides is 3. The predicted molar refractivity (Wildman–Crippen MR) is 93.5 cm³/mol. The second-order valence-corrected chi connectivity index (χ2v) is 6.83. The van der Waals surface area contributed by atoms with Crippen LogP contribution in [0.2, 0.25) is 0 Å². The minimum absolute atomic E-state index is 0.302. The molecule has 1 aromatic rings. The Morgan fingerprint density at radius 2 is 1.81 bits per heavy atom. The lowest BCUT2D eigenvalue weighted by atomic mass is 10.1. The van der Waals surface area contributed by atoms with Crippen molar-refractivity contribution in [2.45, 2.75) is 25.1 Å². The Labute approximate surface area is 151 Å². The van der Waals surface area contributed by atoms with E-state index in [4.69, 9.17) is 4.74 Å². The third-order valence-corrected chi connectivity index (χ3v) is 4.99. The smallest absolute Gasteiger partial charge is 0.381 e. The van der Waals surface area contributed by atoms with E-state index in [0.29, 0.717) is 31.7 Å². The van der Waals surface area contributed by atoms with Gasteiger partial charge in [-0.05, 0) is 38.1 Å². The summed E-state index contributed by atoms with van der Waals surface area (Å²) < 4.78 is 44.8. The number of halogens is 3. The van der Waals surface area contributed by atoms with Gasteiger partial charge in [0.2, 0.25) is 0 Å². The van der Waals surface area contributed by atoms with Crippen molar-refractivity contribution in [3.63, 3.8) is 0 Å². The molecular formula is C18H24F3N3O2. The van der Waals surface area contributed by atoms with E-state index in [2.05, 4.69) is 9.80 Å². The summed E-state index contributed by atoms with van der Waals surface area (Å²) in [6.45, 7) is 4.15. The Hall–Kier alpha value is -1.80. The van der Waals surface area contributed by atoms with Gasteiger partial charge in [0.1, 0.15) is 0 Å². The fourth-order valence-corrected chi connectivity index (χ4v) is 3.48. The highest BCUT2D eigenvalue weighted by atomic mass is 19.4. The average Bonchev–Trinajstić information content (AvgIpc) is 2.63. The first kappa shape index (κ1) is 19.0. The molecular weight excluding hydrogens is 347 g/mol. The Morgan fingerprint density at radius 3 is 2.42 bits per heavy atom. The van der Waals surface area contributed by atoms with Gasteiger partial charge < -0.3 is 19.4 Å². The van der Waals surface area contributed by atoms with E-state index < -0.39 is 18.1 Å². The molecule has 3 rings (SSSR count). The quantitative estimate of drug-likeness (QED) is 0.818. The second kappa shape index (κ2) is 7.84. The van der Waals surface area contributed by atoms with Gasteiger partial charge in [-0.1, -0.05) is 6.07 Å². The normalized spacial score (nSPS) is 20.2.